The second-order valence-corrected chi connectivity index (χ2v) is 7.84. The summed E-state index contributed by atoms with van der Waals surface area (Å²) in [6, 6.07) is 10.6. The Morgan fingerprint density at radius 3 is 2.27 bits per heavy atom. The summed E-state index contributed by atoms with van der Waals surface area (Å²) in [7, 11) is 2.97. The quantitative estimate of drug-likeness (QED) is 0.435. The highest BCUT2D eigenvalue weighted by Gasteiger charge is 2.22. The lowest BCUT2D eigenvalue weighted by atomic mass is 10.0. The fourth-order valence-corrected chi connectivity index (χ4v) is 3.16. The minimum Gasteiger partial charge on any atom is -0.497 e. The molecular weight excluding hydrogens is 422 g/mol. The van der Waals surface area contributed by atoms with Gasteiger partial charge in [-0.15, -0.1) is 0 Å². The summed E-state index contributed by atoms with van der Waals surface area (Å²) in [6.45, 7) is 4.06. The molecule has 33 heavy (non-hydrogen) atoms. The van der Waals surface area contributed by atoms with E-state index < -0.39 is 6.04 Å². The lowest BCUT2D eigenvalue weighted by Gasteiger charge is -2.18. The van der Waals surface area contributed by atoms with E-state index in [0.29, 0.717) is 30.2 Å². The first-order valence-electron chi connectivity index (χ1n) is 10.8. The van der Waals surface area contributed by atoms with Gasteiger partial charge in [-0.25, -0.2) is 4.79 Å². The van der Waals surface area contributed by atoms with E-state index in [4.69, 9.17) is 14.2 Å². The normalized spacial score (nSPS) is 11.7. The zero-order valence-corrected chi connectivity index (χ0v) is 19.3. The van der Waals surface area contributed by atoms with Crippen LogP contribution in [0.1, 0.15) is 31.7 Å². The second-order valence-electron chi connectivity index (χ2n) is 7.84. The van der Waals surface area contributed by atoms with Crippen LogP contribution in [0.25, 0.3) is 0 Å². The number of hydrogen-bond donors (Lipinski definition) is 1. The number of esters is 1. The monoisotopic (exact) mass is 451 g/mol. The molecule has 0 bridgehead atoms. The molecule has 1 aromatic carbocycles. The number of carbonyl (C=O) groups is 1. The molecule has 2 heterocycles. The lowest BCUT2D eigenvalue weighted by molar-refractivity contribution is -0.141. The predicted octanol–water partition coefficient (Wildman–Crippen LogP) is 3.85. The van der Waals surface area contributed by atoms with Crippen LogP contribution in [0.2, 0.25) is 0 Å². The van der Waals surface area contributed by atoms with Crippen LogP contribution in [0, 0.1) is 5.92 Å². The van der Waals surface area contributed by atoms with Crippen LogP contribution in [0.15, 0.2) is 48.8 Å². The molecule has 0 radical (unpaired) electrons. The van der Waals surface area contributed by atoms with Gasteiger partial charge in [0.1, 0.15) is 23.4 Å². The van der Waals surface area contributed by atoms with Gasteiger partial charge in [-0.2, -0.15) is 15.0 Å². The van der Waals surface area contributed by atoms with Gasteiger partial charge in [0, 0.05) is 18.8 Å². The van der Waals surface area contributed by atoms with E-state index in [1.165, 1.54) is 7.11 Å². The molecule has 0 aliphatic rings. The average molecular weight is 452 g/mol. The number of methoxy groups -OCH3 is 2. The molecule has 0 amide bonds. The van der Waals surface area contributed by atoms with Gasteiger partial charge in [-0.05, 0) is 60.7 Å². The van der Waals surface area contributed by atoms with E-state index >= 15 is 0 Å². The maximum Gasteiger partial charge on any atom is 0.328 e. The number of rotatable bonds is 11. The zero-order valence-electron chi connectivity index (χ0n) is 19.3. The number of aryl methyl sites for hydroxylation is 2. The highest BCUT2D eigenvalue weighted by molar-refractivity contribution is 5.78. The van der Waals surface area contributed by atoms with Crippen LogP contribution in [-0.2, 0) is 22.4 Å². The first kappa shape index (κ1) is 23.9. The van der Waals surface area contributed by atoms with E-state index in [1.807, 2.05) is 26.0 Å². The highest BCUT2D eigenvalue weighted by atomic mass is 16.5. The largest absolute Gasteiger partial charge is 0.497 e. The van der Waals surface area contributed by atoms with Crippen molar-refractivity contribution in [1.82, 2.24) is 19.9 Å². The Morgan fingerprint density at radius 1 is 0.939 bits per heavy atom. The Morgan fingerprint density at radius 2 is 1.64 bits per heavy atom. The molecule has 0 aliphatic heterocycles. The molecule has 0 saturated carbocycles. The van der Waals surface area contributed by atoms with Crippen molar-refractivity contribution >= 4 is 11.9 Å². The summed E-state index contributed by atoms with van der Waals surface area (Å²) in [5.74, 6) is 1.97. The molecule has 0 spiro atoms. The van der Waals surface area contributed by atoms with E-state index in [1.54, 1.807) is 43.8 Å². The maximum atomic E-state index is 12.3. The summed E-state index contributed by atoms with van der Waals surface area (Å²) in [5, 5.41) is 3.10. The molecule has 9 nitrogen and oxygen atoms in total. The summed E-state index contributed by atoms with van der Waals surface area (Å²) in [6.07, 6.45) is 5.36. The summed E-state index contributed by atoms with van der Waals surface area (Å²) < 4.78 is 16.0. The Bertz CT molecular complexity index is 1030. The zero-order chi connectivity index (χ0) is 23.6. The number of ether oxygens (including phenoxy) is 3. The van der Waals surface area contributed by atoms with Crippen LogP contribution < -0.4 is 14.8 Å². The van der Waals surface area contributed by atoms with Crippen molar-refractivity contribution in [3.8, 4) is 17.5 Å². The number of nitrogens with zero attached hydrogens (tertiary/aromatic N) is 4. The Labute approximate surface area is 193 Å². The number of carbonyl (C=O) groups excluding carboxylic acids is 1. The highest BCUT2D eigenvalue weighted by Crippen LogP contribution is 2.23. The summed E-state index contributed by atoms with van der Waals surface area (Å²) in [5.41, 5.74) is 1.12. The third-order valence-electron chi connectivity index (χ3n) is 4.81. The summed E-state index contributed by atoms with van der Waals surface area (Å²) in [4.78, 5) is 29.7. The van der Waals surface area contributed by atoms with Crippen LogP contribution in [0.4, 0.5) is 5.95 Å². The number of pyridine rings is 1. The van der Waals surface area contributed by atoms with Crippen molar-refractivity contribution in [3.05, 3.63) is 60.2 Å². The molecule has 0 aliphatic carbocycles. The van der Waals surface area contributed by atoms with Crippen molar-refractivity contribution in [2.24, 2.45) is 5.92 Å². The standard InChI is InChI=1S/C24H29N5O4/c1-16(2)15-20(22(30)32-4)26-23-27-21(10-5-17-11-13-25-14-12-17)28-24(29-23)33-19-8-6-18(31-3)7-9-19/h6-9,11-14,16,20H,5,10,15H2,1-4H3,(H,26,27,28,29)/t20-/m0/s1. The fourth-order valence-electron chi connectivity index (χ4n) is 3.16. The maximum absolute atomic E-state index is 12.3. The van der Waals surface area contributed by atoms with Crippen molar-refractivity contribution in [3.63, 3.8) is 0 Å². The topological polar surface area (TPSA) is 108 Å². The van der Waals surface area contributed by atoms with Gasteiger partial charge in [-0.1, -0.05) is 13.8 Å². The smallest absolute Gasteiger partial charge is 0.328 e. The Hall–Kier alpha value is -3.75. The molecular formula is C24H29N5O4. The summed E-state index contributed by atoms with van der Waals surface area (Å²) >= 11 is 0. The van der Waals surface area contributed by atoms with Crippen molar-refractivity contribution in [1.29, 1.82) is 0 Å². The van der Waals surface area contributed by atoms with E-state index in [9.17, 15) is 4.79 Å². The minimum absolute atomic E-state index is 0.135. The molecule has 0 unspecified atom stereocenters. The Balaban J connectivity index is 1.85. The molecule has 0 fully saturated rings. The number of benzene rings is 1. The lowest BCUT2D eigenvalue weighted by Crippen LogP contribution is -2.33. The number of hydrogen-bond acceptors (Lipinski definition) is 9. The first-order valence-corrected chi connectivity index (χ1v) is 10.8. The minimum atomic E-state index is -0.584. The van der Waals surface area contributed by atoms with Gasteiger partial charge in [0.2, 0.25) is 5.95 Å². The molecule has 1 N–H and O–H groups in total. The number of aromatic nitrogens is 4. The van der Waals surface area contributed by atoms with Crippen LogP contribution in [-0.4, -0.2) is 46.2 Å². The molecule has 1 atom stereocenters. The van der Waals surface area contributed by atoms with Crippen LogP contribution in [0.5, 0.6) is 17.5 Å². The molecule has 0 saturated heterocycles. The second kappa shape index (κ2) is 11.8. The van der Waals surface area contributed by atoms with E-state index in [2.05, 4.69) is 25.3 Å². The van der Waals surface area contributed by atoms with E-state index in [-0.39, 0.29) is 23.8 Å². The molecule has 9 heteroatoms. The average Bonchev–Trinajstić information content (AvgIpc) is 2.82. The predicted molar refractivity (Wildman–Crippen MR) is 123 cm³/mol. The first-order chi connectivity index (χ1) is 16.0. The van der Waals surface area contributed by atoms with Gasteiger partial charge >= 0.3 is 12.0 Å². The SMILES string of the molecule is COC(=O)[C@H](CC(C)C)Nc1nc(CCc2ccncc2)nc(Oc2ccc(OC)cc2)n1. The van der Waals surface area contributed by atoms with Crippen LogP contribution in [0.3, 0.4) is 0 Å². The number of anilines is 1. The fraction of sp³-hybridized carbons (Fsp3) is 0.375. The molecule has 2 aromatic heterocycles. The van der Waals surface area contributed by atoms with Gasteiger partial charge in [0.25, 0.3) is 0 Å². The van der Waals surface area contributed by atoms with Crippen molar-refractivity contribution in [2.45, 2.75) is 39.2 Å². The van der Waals surface area contributed by atoms with Gasteiger partial charge < -0.3 is 19.5 Å². The number of nitrogens with one attached hydrogen (secondary N) is 1. The van der Waals surface area contributed by atoms with Crippen molar-refractivity contribution in [2.75, 3.05) is 19.5 Å². The molecule has 174 valence electrons. The van der Waals surface area contributed by atoms with Crippen LogP contribution >= 0.6 is 0 Å². The van der Waals surface area contributed by atoms with Gasteiger partial charge in [0.05, 0.1) is 14.2 Å². The third kappa shape index (κ3) is 7.41. The Kier molecular flexibility index (Phi) is 8.51. The van der Waals surface area contributed by atoms with Crippen molar-refractivity contribution < 1.29 is 19.0 Å². The van der Waals surface area contributed by atoms with Gasteiger partial charge in [-0.3, -0.25) is 4.98 Å². The molecule has 3 rings (SSSR count). The van der Waals surface area contributed by atoms with E-state index in [0.717, 1.165) is 12.0 Å². The third-order valence-corrected chi connectivity index (χ3v) is 4.81. The van der Waals surface area contributed by atoms with Gasteiger partial charge in [0.15, 0.2) is 0 Å². The molecule has 3 aromatic rings.